The maximum absolute atomic E-state index is 13.0. The van der Waals surface area contributed by atoms with E-state index in [0.29, 0.717) is 5.75 Å². The van der Waals surface area contributed by atoms with Gasteiger partial charge in [-0.1, -0.05) is 6.92 Å². The average Bonchev–Trinajstić information content (AvgIpc) is 2.86. The number of anilines is 1. The summed E-state index contributed by atoms with van der Waals surface area (Å²) < 4.78 is 55.7. The zero-order chi connectivity index (χ0) is 18.8. The van der Waals surface area contributed by atoms with Crippen LogP contribution in [-0.4, -0.2) is 58.3 Å². The van der Waals surface area contributed by atoms with E-state index in [1.165, 1.54) is 36.5 Å². The summed E-state index contributed by atoms with van der Waals surface area (Å²) in [7, 11) is -5.70. The van der Waals surface area contributed by atoms with Gasteiger partial charge in [0.2, 0.25) is 15.9 Å². The molecule has 1 N–H and O–H groups in total. The lowest BCUT2D eigenvalue weighted by atomic mass is 10.3. The summed E-state index contributed by atoms with van der Waals surface area (Å²) in [6.07, 6.45) is 0.282. The zero-order valence-corrected chi connectivity index (χ0v) is 16.0. The Bertz CT molecular complexity index is 864. The molecule has 1 aliphatic heterocycles. The van der Waals surface area contributed by atoms with E-state index < -0.39 is 25.9 Å². The van der Waals surface area contributed by atoms with E-state index in [9.17, 15) is 21.6 Å². The number of carbonyl (C=O) groups excluding carboxylic acids is 1. The molecule has 0 unspecified atom stereocenters. The van der Waals surface area contributed by atoms with E-state index in [1.807, 2.05) is 0 Å². The molecular weight excluding hydrogens is 368 g/mol. The summed E-state index contributed by atoms with van der Waals surface area (Å²) >= 11 is 0. The monoisotopic (exact) mass is 390 g/mol. The van der Waals surface area contributed by atoms with E-state index in [1.54, 1.807) is 6.92 Å². The van der Waals surface area contributed by atoms with Gasteiger partial charge in [-0.15, -0.1) is 0 Å². The molecule has 0 aromatic heterocycles. The van der Waals surface area contributed by atoms with E-state index in [2.05, 4.69) is 5.32 Å². The Morgan fingerprint density at radius 2 is 2.08 bits per heavy atom. The Balaban J connectivity index is 2.42. The predicted molar refractivity (Wildman–Crippen MR) is 93.9 cm³/mol. The van der Waals surface area contributed by atoms with Crippen molar-refractivity contribution in [2.24, 2.45) is 0 Å². The van der Waals surface area contributed by atoms with Crippen LogP contribution in [-0.2, 0) is 24.7 Å². The molecule has 2 rings (SSSR count). The topological polar surface area (TPSA) is 110 Å². The number of hydrogen-bond donors (Lipinski definition) is 1. The third-order valence-corrected chi connectivity index (χ3v) is 7.79. The third-order valence-electron chi connectivity index (χ3n) is 4.02. The van der Waals surface area contributed by atoms with Crippen LogP contribution in [0.15, 0.2) is 23.1 Å². The van der Waals surface area contributed by atoms with Crippen LogP contribution in [0.1, 0.15) is 20.3 Å². The van der Waals surface area contributed by atoms with Crippen molar-refractivity contribution in [3.05, 3.63) is 18.2 Å². The molecule has 0 spiro atoms. The molecule has 8 nitrogen and oxygen atoms in total. The Morgan fingerprint density at radius 1 is 1.40 bits per heavy atom. The fourth-order valence-electron chi connectivity index (χ4n) is 2.90. The Kier molecular flexibility index (Phi) is 5.75. The highest BCUT2D eigenvalue weighted by Crippen LogP contribution is 2.31. The number of carbonyl (C=O) groups is 1. The van der Waals surface area contributed by atoms with Gasteiger partial charge < -0.3 is 10.1 Å². The van der Waals surface area contributed by atoms with E-state index in [4.69, 9.17) is 4.74 Å². The maximum Gasteiger partial charge on any atom is 0.243 e. The number of hydrogen-bond acceptors (Lipinski definition) is 6. The Morgan fingerprint density at radius 3 is 2.56 bits per heavy atom. The third kappa shape index (κ3) is 4.31. The molecule has 1 fully saturated rings. The summed E-state index contributed by atoms with van der Waals surface area (Å²) in [5.41, 5.74) is 0.242. The first kappa shape index (κ1) is 19.7. The molecule has 0 radical (unpaired) electrons. The quantitative estimate of drug-likeness (QED) is 0.771. The van der Waals surface area contributed by atoms with Gasteiger partial charge in [0.15, 0.2) is 9.84 Å². The van der Waals surface area contributed by atoms with Gasteiger partial charge in [-0.25, -0.2) is 16.8 Å². The molecule has 1 aromatic carbocycles. The highest BCUT2D eigenvalue weighted by molar-refractivity contribution is 7.92. The lowest BCUT2D eigenvalue weighted by Gasteiger charge is -2.26. The molecule has 1 saturated heterocycles. The molecular formula is C15H22N2O6S2. The fraction of sp³-hybridized carbons (Fsp3) is 0.533. The summed E-state index contributed by atoms with van der Waals surface area (Å²) in [4.78, 5) is 11.3. The first-order valence-electron chi connectivity index (χ1n) is 7.78. The second-order valence-corrected chi connectivity index (χ2v) is 9.93. The number of sulfonamides is 1. The Hall–Kier alpha value is -1.65. The number of rotatable bonds is 6. The first-order valence-corrected chi connectivity index (χ1v) is 11.0. The molecule has 140 valence electrons. The van der Waals surface area contributed by atoms with Gasteiger partial charge in [-0.2, -0.15) is 4.31 Å². The van der Waals surface area contributed by atoms with Gasteiger partial charge in [0, 0.05) is 19.5 Å². The number of nitrogens with zero attached hydrogens (tertiary/aromatic N) is 1. The number of benzene rings is 1. The second-order valence-electron chi connectivity index (χ2n) is 5.81. The SMILES string of the molecule is CCN([C@@H]1CCS(=O)(=O)C1)S(=O)(=O)c1ccc(OC)c(NC(C)=O)c1. The molecule has 1 heterocycles. The van der Waals surface area contributed by atoms with Gasteiger partial charge in [0.1, 0.15) is 5.75 Å². The van der Waals surface area contributed by atoms with E-state index in [-0.39, 0.29) is 41.0 Å². The fourth-order valence-corrected chi connectivity index (χ4v) is 6.41. The minimum atomic E-state index is -3.91. The normalized spacial score (nSPS) is 19.8. The number of methoxy groups -OCH3 is 1. The van der Waals surface area contributed by atoms with Gasteiger partial charge in [-0.05, 0) is 24.6 Å². The average molecular weight is 390 g/mol. The molecule has 25 heavy (non-hydrogen) atoms. The molecule has 0 bridgehead atoms. The summed E-state index contributed by atoms with van der Waals surface area (Å²) in [6.45, 7) is 3.13. The van der Waals surface area contributed by atoms with Crippen LogP contribution in [0.3, 0.4) is 0 Å². The molecule has 1 atom stereocenters. The van der Waals surface area contributed by atoms with Crippen LogP contribution in [0.25, 0.3) is 0 Å². The van der Waals surface area contributed by atoms with Crippen molar-refractivity contribution in [1.29, 1.82) is 0 Å². The number of ether oxygens (including phenoxy) is 1. The van der Waals surface area contributed by atoms with Crippen LogP contribution in [0.4, 0.5) is 5.69 Å². The molecule has 1 amide bonds. The van der Waals surface area contributed by atoms with Crippen LogP contribution in [0, 0.1) is 0 Å². The predicted octanol–water partition coefficient (Wildman–Crippen LogP) is 0.851. The van der Waals surface area contributed by atoms with Crippen LogP contribution in [0.2, 0.25) is 0 Å². The van der Waals surface area contributed by atoms with Crippen molar-refractivity contribution in [1.82, 2.24) is 4.31 Å². The van der Waals surface area contributed by atoms with Crippen molar-refractivity contribution in [3.63, 3.8) is 0 Å². The molecule has 1 aromatic rings. The minimum absolute atomic E-state index is 0.0105. The summed E-state index contributed by atoms with van der Waals surface area (Å²) in [6, 6.07) is 3.58. The smallest absolute Gasteiger partial charge is 0.243 e. The lowest BCUT2D eigenvalue weighted by molar-refractivity contribution is -0.114. The number of nitrogens with one attached hydrogen (secondary N) is 1. The van der Waals surface area contributed by atoms with Gasteiger partial charge in [0.05, 0.1) is 29.2 Å². The van der Waals surface area contributed by atoms with Crippen molar-refractivity contribution in [3.8, 4) is 5.75 Å². The van der Waals surface area contributed by atoms with E-state index in [0.717, 1.165) is 0 Å². The van der Waals surface area contributed by atoms with Gasteiger partial charge >= 0.3 is 0 Å². The van der Waals surface area contributed by atoms with Crippen LogP contribution >= 0.6 is 0 Å². The number of amides is 1. The van der Waals surface area contributed by atoms with Crippen molar-refractivity contribution in [2.45, 2.75) is 31.2 Å². The lowest BCUT2D eigenvalue weighted by Crippen LogP contribution is -2.40. The van der Waals surface area contributed by atoms with Crippen LogP contribution < -0.4 is 10.1 Å². The van der Waals surface area contributed by atoms with Gasteiger partial charge in [-0.3, -0.25) is 4.79 Å². The van der Waals surface area contributed by atoms with Crippen molar-refractivity contribution >= 4 is 31.5 Å². The molecule has 1 aliphatic rings. The summed E-state index contributed by atoms with van der Waals surface area (Å²) in [5, 5.41) is 2.53. The standard InChI is InChI=1S/C15H22N2O6S2/c1-4-17(12-7-8-24(19,20)10-12)25(21,22)13-5-6-15(23-3)14(9-13)16-11(2)18/h5-6,9,12H,4,7-8,10H2,1-3H3,(H,16,18)/t12-/m1/s1. The number of sulfone groups is 1. The van der Waals surface area contributed by atoms with Crippen molar-refractivity contribution < 1.29 is 26.4 Å². The largest absolute Gasteiger partial charge is 0.495 e. The summed E-state index contributed by atoms with van der Waals surface area (Å²) in [5.74, 6) is -0.208. The molecule has 0 aliphatic carbocycles. The second kappa shape index (κ2) is 7.30. The first-order chi connectivity index (χ1) is 11.6. The van der Waals surface area contributed by atoms with Gasteiger partial charge in [0.25, 0.3) is 0 Å². The molecule has 10 heteroatoms. The highest BCUT2D eigenvalue weighted by atomic mass is 32.2. The van der Waals surface area contributed by atoms with Crippen molar-refractivity contribution in [2.75, 3.05) is 30.5 Å². The minimum Gasteiger partial charge on any atom is -0.495 e. The highest BCUT2D eigenvalue weighted by Gasteiger charge is 2.38. The molecule has 0 saturated carbocycles. The Labute approximate surface area is 148 Å². The van der Waals surface area contributed by atoms with E-state index >= 15 is 0 Å². The maximum atomic E-state index is 13.0. The zero-order valence-electron chi connectivity index (χ0n) is 14.4. The van der Waals surface area contributed by atoms with Crippen LogP contribution in [0.5, 0.6) is 5.75 Å².